The third-order valence-corrected chi connectivity index (χ3v) is 6.59. The standard InChI is InChI=1S/C22H35ClN2/c23-22-8-4-7-21(13-22)17-25(15-19-5-2-1-3-6-19)16-20-11-9-18(14-24)10-12-20/h4,7-8,13,18-20H,1-3,5-6,9-12,14-17,24H2. The number of nitrogens with two attached hydrogens (primary N) is 1. The Balaban J connectivity index is 1.59. The fraction of sp³-hybridized carbons (Fsp3) is 0.727. The molecule has 2 aliphatic rings. The van der Waals surface area contributed by atoms with Gasteiger partial charge >= 0.3 is 0 Å². The molecule has 1 aromatic rings. The van der Waals surface area contributed by atoms with E-state index in [2.05, 4.69) is 23.1 Å². The minimum Gasteiger partial charge on any atom is -0.330 e. The molecule has 0 amide bonds. The molecule has 0 radical (unpaired) electrons. The fourth-order valence-corrected chi connectivity index (χ4v) is 5.06. The molecule has 1 aromatic carbocycles. The highest BCUT2D eigenvalue weighted by Crippen LogP contribution is 2.31. The predicted octanol–water partition coefficient (Wildman–Crippen LogP) is 5.49. The highest BCUT2D eigenvalue weighted by atomic mass is 35.5. The SMILES string of the molecule is NCC1CCC(CN(Cc2cccc(Cl)c2)CC2CCCCC2)CC1. The van der Waals surface area contributed by atoms with Gasteiger partial charge in [-0.2, -0.15) is 0 Å². The molecule has 0 aliphatic heterocycles. The molecule has 3 rings (SSSR count). The second-order valence-corrected chi connectivity index (χ2v) is 8.89. The minimum atomic E-state index is 0.774. The topological polar surface area (TPSA) is 29.3 Å². The summed E-state index contributed by atoms with van der Waals surface area (Å²) in [5.41, 5.74) is 7.23. The summed E-state index contributed by atoms with van der Waals surface area (Å²) < 4.78 is 0. The molecule has 3 heteroatoms. The average molecular weight is 363 g/mol. The third kappa shape index (κ3) is 6.27. The number of benzene rings is 1. The highest BCUT2D eigenvalue weighted by molar-refractivity contribution is 6.30. The van der Waals surface area contributed by atoms with E-state index in [1.54, 1.807) is 0 Å². The van der Waals surface area contributed by atoms with Crippen LogP contribution < -0.4 is 5.73 Å². The molecule has 2 aliphatic carbocycles. The van der Waals surface area contributed by atoms with Gasteiger partial charge in [0.1, 0.15) is 0 Å². The predicted molar refractivity (Wildman–Crippen MR) is 108 cm³/mol. The van der Waals surface area contributed by atoms with Crippen molar-refractivity contribution in [2.45, 2.75) is 64.3 Å². The molecule has 0 saturated heterocycles. The molecule has 0 aromatic heterocycles. The van der Waals surface area contributed by atoms with E-state index in [4.69, 9.17) is 17.3 Å². The van der Waals surface area contributed by atoms with E-state index in [0.717, 1.165) is 35.9 Å². The van der Waals surface area contributed by atoms with Gasteiger partial charge in [-0.3, -0.25) is 4.90 Å². The fourth-order valence-electron chi connectivity index (χ4n) is 4.85. The first kappa shape index (κ1) is 19.2. The Kier molecular flexibility index (Phi) is 7.64. The second-order valence-electron chi connectivity index (χ2n) is 8.45. The Morgan fingerprint density at radius 2 is 1.52 bits per heavy atom. The maximum Gasteiger partial charge on any atom is 0.0409 e. The van der Waals surface area contributed by atoms with Crippen LogP contribution in [0.5, 0.6) is 0 Å². The first-order chi connectivity index (χ1) is 12.2. The lowest BCUT2D eigenvalue weighted by atomic mass is 9.81. The summed E-state index contributed by atoms with van der Waals surface area (Å²) in [4.78, 5) is 2.73. The maximum atomic E-state index is 6.21. The van der Waals surface area contributed by atoms with Crippen LogP contribution in [-0.2, 0) is 6.54 Å². The molecule has 25 heavy (non-hydrogen) atoms. The van der Waals surface area contributed by atoms with Crippen molar-refractivity contribution in [1.82, 2.24) is 4.90 Å². The van der Waals surface area contributed by atoms with Crippen molar-refractivity contribution in [3.05, 3.63) is 34.9 Å². The van der Waals surface area contributed by atoms with Gasteiger partial charge < -0.3 is 5.73 Å². The quantitative estimate of drug-likeness (QED) is 0.695. The molecule has 2 N–H and O–H groups in total. The molecule has 2 nitrogen and oxygen atoms in total. The smallest absolute Gasteiger partial charge is 0.0409 e. The first-order valence-electron chi connectivity index (χ1n) is 10.4. The Morgan fingerprint density at radius 1 is 0.880 bits per heavy atom. The summed E-state index contributed by atoms with van der Waals surface area (Å²) in [5, 5.41) is 0.860. The summed E-state index contributed by atoms with van der Waals surface area (Å²) in [6.07, 6.45) is 12.5. The van der Waals surface area contributed by atoms with Crippen LogP contribution in [0.25, 0.3) is 0 Å². The van der Waals surface area contributed by atoms with Gasteiger partial charge in [-0.1, -0.05) is 43.0 Å². The normalized spacial score (nSPS) is 25.4. The van der Waals surface area contributed by atoms with Gasteiger partial charge in [0.05, 0.1) is 0 Å². The van der Waals surface area contributed by atoms with Gasteiger partial charge in [0, 0.05) is 24.7 Å². The number of hydrogen-bond donors (Lipinski definition) is 1. The number of hydrogen-bond acceptors (Lipinski definition) is 2. The summed E-state index contributed by atoms with van der Waals surface area (Å²) in [6, 6.07) is 8.43. The van der Waals surface area contributed by atoms with Crippen LogP contribution in [0.4, 0.5) is 0 Å². The van der Waals surface area contributed by atoms with Gasteiger partial charge in [0.25, 0.3) is 0 Å². The van der Waals surface area contributed by atoms with E-state index in [0.29, 0.717) is 0 Å². The lowest BCUT2D eigenvalue weighted by molar-refractivity contribution is 0.143. The Morgan fingerprint density at radius 3 is 2.16 bits per heavy atom. The van der Waals surface area contributed by atoms with Crippen LogP contribution in [0.15, 0.2) is 24.3 Å². The molecule has 140 valence electrons. The van der Waals surface area contributed by atoms with Crippen LogP contribution in [0.3, 0.4) is 0 Å². The van der Waals surface area contributed by atoms with E-state index in [1.165, 1.54) is 76.4 Å². The molecule has 0 atom stereocenters. The van der Waals surface area contributed by atoms with Crippen LogP contribution >= 0.6 is 11.6 Å². The Hall–Kier alpha value is -0.570. The first-order valence-corrected chi connectivity index (χ1v) is 10.8. The van der Waals surface area contributed by atoms with Crippen molar-refractivity contribution in [1.29, 1.82) is 0 Å². The zero-order valence-corrected chi connectivity index (χ0v) is 16.4. The van der Waals surface area contributed by atoms with Gasteiger partial charge in [0.15, 0.2) is 0 Å². The minimum absolute atomic E-state index is 0.774. The van der Waals surface area contributed by atoms with Crippen molar-refractivity contribution in [2.24, 2.45) is 23.5 Å². The molecule has 0 heterocycles. The Labute approximate surface area is 159 Å². The summed E-state index contributed by atoms with van der Waals surface area (Å²) in [6.45, 7) is 4.44. The largest absolute Gasteiger partial charge is 0.330 e. The maximum absolute atomic E-state index is 6.21. The van der Waals surface area contributed by atoms with E-state index in [1.807, 2.05) is 6.07 Å². The lowest BCUT2D eigenvalue weighted by Crippen LogP contribution is -2.36. The van der Waals surface area contributed by atoms with Crippen LogP contribution in [0.2, 0.25) is 5.02 Å². The molecular formula is C22H35ClN2. The third-order valence-electron chi connectivity index (χ3n) is 6.35. The number of rotatable bonds is 7. The number of halogens is 1. The van der Waals surface area contributed by atoms with E-state index in [9.17, 15) is 0 Å². The average Bonchev–Trinajstić information content (AvgIpc) is 2.63. The van der Waals surface area contributed by atoms with E-state index >= 15 is 0 Å². The monoisotopic (exact) mass is 362 g/mol. The molecular weight excluding hydrogens is 328 g/mol. The van der Waals surface area contributed by atoms with E-state index < -0.39 is 0 Å². The van der Waals surface area contributed by atoms with Gasteiger partial charge in [0.2, 0.25) is 0 Å². The second kappa shape index (κ2) is 9.94. The molecule has 2 saturated carbocycles. The summed E-state index contributed by atoms with van der Waals surface area (Å²) >= 11 is 6.21. The van der Waals surface area contributed by atoms with Crippen molar-refractivity contribution in [2.75, 3.05) is 19.6 Å². The van der Waals surface area contributed by atoms with Crippen molar-refractivity contribution in [3.8, 4) is 0 Å². The van der Waals surface area contributed by atoms with Crippen molar-refractivity contribution >= 4 is 11.6 Å². The lowest BCUT2D eigenvalue weighted by Gasteiger charge is -2.35. The molecule has 0 bridgehead atoms. The van der Waals surface area contributed by atoms with Crippen molar-refractivity contribution < 1.29 is 0 Å². The van der Waals surface area contributed by atoms with Gasteiger partial charge in [-0.05, 0) is 80.5 Å². The molecule has 0 spiro atoms. The summed E-state index contributed by atoms with van der Waals surface area (Å²) in [7, 11) is 0. The van der Waals surface area contributed by atoms with Gasteiger partial charge in [-0.25, -0.2) is 0 Å². The zero-order valence-electron chi connectivity index (χ0n) is 15.6. The Bertz CT molecular complexity index is 505. The zero-order chi connectivity index (χ0) is 17.5. The van der Waals surface area contributed by atoms with Crippen LogP contribution in [0.1, 0.15) is 63.4 Å². The van der Waals surface area contributed by atoms with Crippen molar-refractivity contribution in [3.63, 3.8) is 0 Å². The molecule has 0 unspecified atom stereocenters. The number of nitrogens with zero attached hydrogens (tertiary/aromatic N) is 1. The van der Waals surface area contributed by atoms with E-state index in [-0.39, 0.29) is 0 Å². The highest BCUT2D eigenvalue weighted by Gasteiger charge is 2.24. The van der Waals surface area contributed by atoms with Crippen LogP contribution in [-0.4, -0.2) is 24.5 Å². The van der Waals surface area contributed by atoms with Gasteiger partial charge in [-0.15, -0.1) is 0 Å². The summed E-state index contributed by atoms with van der Waals surface area (Å²) in [5.74, 6) is 2.52. The van der Waals surface area contributed by atoms with Crippen LogP contribution in [0, 0.1) is 17.8 Å². The molecule has 2 fully saturated rings.